The molecule has 4 N–H and O–H groups in total. The number of nitrogens with one attached hydrogen (secondary N) is 4. The summed E-state index contributed by atoms with van der Waals surface area (Å²) in [5.41, 5.74) is 5.59. The molecule has 0 unspecified atom stereocenters. The van der Waals surface area contributed by atoms with E-state index in [0.29, 0.717) is 32.5 Å². The highest BCUT2D eigenvalue weighted by Crippen LogP contribution is 2.65. The summed E-state index contributed by atoms with van der Waals surface area (Å²) in [5, 5.41) is 15.3. The average molecular weight is 736 g/mol. The number of rotatable bonds is 6. The molecule has 0 fully saturated rings. The first kappa shape index (κ1) is 32.2. The van der Waals surface area contributed by atoms with E-state index in [1.165, 1.54) is 0 Å². The number of hydrogen-bond donors (Lipinski definition) is 4. The van der Waals surface area contributed by atoms with Crippen LogP contribution in [-0.4, -0.2) is 11.8 Å². The fourth-order valence-electron chi connectivity index (χ4n) is 7.22. The Kier molecular flexibility index (Phi) is 8.00. The molecule has 2 atom stereocenters. The highest BCUT2D eigenvalue weighted by atomic mass is 35.5. The Morgan fingerprint density at radius 3 is 1.26 bits per heavy atom. The maximum Gasteiger partial charge on any atom is 0.257 e. The van der Waals surface area contributed by atoms with Crippen LogP contribution >= 0.6 is 46.4 Å². The summed E-state index contributed by atoms with van der Waals surface area (Å²) in [6, 6.07) is 41.6. The van der Waals surface area contributed by atoms with Crippen molar-refractivity contribution in [3.05, 3.63) is 187 Å². The van der Waals surface area contributed by atoms with Gasteiger partial charge in [-0.15, -0.1) is 0 Å². The largest absolute Gasteiger partial charge is 0.369 e. The van der Waals surface area contributed by atoms with Gasteiger partial charge in [-0.2, -0.15) is 0 Å². The maximum absolute atomic E-state index is 13.4. The molecule has 0 saturated carbocycles. The van der Waals surface area contributed by atoms with E-state index in [9.17, 15) is 9.59 Å². The van der Waals surface area contributed by atoms with Gasteiger partial charge < -0.3 is 21.3 Å². The summed E-state index contributed by atoms with van der Waals surface area (Å²) >= 11 is 24.9. The van der Waals surface area contributed by atoms with Gasteiger partial charge in [-0.1, -0.05) is 107 Å². The van der Waals surface area contributed by atoms with Crippen molar-refractivity contribution in [3.63, 3.8) is 0 Å². The van der Waals surface area contributed by atoms with Gasteiger partial charge in [0.2, 0.25) is 0 Å². The molecule has 0 radical (unpaired) electrons. The molecule has 50 heavy (non-hydrogen) atoms. The second-order valence-electron chi connectivity index (χ2n) is 12.2. The van der Waals surface area contributed by atoms with Crippen LogP contribution in [0.5, 0.6) is 0 Å². The van der Waals surface area contributed by atoms with Crippen molar-refractivity contribution in [1.29, 1.82) is 0 Å². The summed E-state index contributed by atoms with van der Waals surface area (Å²) < 4.78 is 0. The van der Waals surface area contributed by atoms with E-state index in [1.807, 2.05) is 72.8 Å². The van der Waals surface area contributed by atoms with Crippen molar-refractivity contribution in [2.45, 2.75) is 11.1 Å². The molecule has 10 heteroatoms. The lowest BCUT2D eigenvalue weighted by molar-refractivity contribution is 0.101. The zero-order valence-electron chi connectivity index (χ0n) is 26.0. The zero-order chi connectivity index (χ0) is 34.6. The van der Waals surface area contributed by atoms with Crippen LogP contribution in [0.3, 0.4) is 0 Å². The van der Waals surface area contributed by atoms with E-state index in [4.69, 9.17) is 46.4 Å². The quantitative estimate of drug-likeness (QED) is 0.137. The summed E-state index contributed by atoms with van der Waals surface area (Å²) in [6.45, 7) is 0. The monoisotopic (exact) mass is 734 g/mol. The molecule has 2 aliphatic heterocycles. The number of hydrogen-bond acceptors (Lipinski definition) is 4. The van der Waals surface area contributed by atoms with Crippen LogP contribution < -0.4 is 21.3 Å². The molecular weight excluding hydrogens is 710 g/mol. The van der Waals surface area contributed by atoms with Crippen molar-refractivity contribution >= 4 is 81.0 Å². The molecule has 2 aliphatic rings. The molecular formula is C40H26Cl4N4O2. The Morgan fingerprint density at radius 2 is 0.880 bits per heavy atom. The van der Waals surface area contributed by atoms with E-state index in [-0.39, 0.29) is 21.9 Å². The van der Waals surface area contributed by atoms with E-state index < -0.39 is 11.1 Å². The molecule has 6 aromatic carbocycles. The molecule has 2 amide bonds. The van der Waals surface area contributed by atoms with E-state index in [0.717, 1.165) is 33.6 Å². The molecule has 6 aromatic rings. The molecule has 0 spiro atoms. The Morgan fingerprint density at radius 1 is 0.480 bits per heavy atom. The topological polar surface area (TPSA) is 82.3 Å². The summed E-state index contributed by atoms with van der Waals surface area (Å²) in [5.74, 6) is -0.714. The summed E-state index contributed by atoms with van der Waals surface area (Å²) in [4.78, 5) is 26.9. The van der Waals surface area contributed by atoms with Crippen LogP contribution in [-0.2, 0) is 11.1 Å². The molecule has 2 heterocycles. The van der Waals surface area contributed by atoms with Crippen LogP contribution in [0.15, 0.2) is 133 Å². The van der Waals surface area contributed by atoms with Crippen LogP contribution in [0, 0.1) is 0 Å². The molecule has 0 aliphatic carbocycles. The Balaban J connectivity index is 1.28. The summed E-state index contributed by atoms with van der Waals surface area (Å²) in [6.07, 6.45) is 0. The zero-order valence-corrected chi connectivity index (χ0v) is 29.1. The van der Waals surface area contributed by atoms with E-state index >= 15 is 0 Å². The highest BCUT2D eigenvalue weighted by molar-refractivity contribution is 6.38. The lowest BCUT2D eigenvalue weighted by Gasteiger charge is -2.42. The second-order valence-corrected chi connectivity index (χ2v) is 13.8. The third kappa shape index (κ3) is 5.10. The van der Waals surface area contributed by atoms with Crippen molar-refractivity contribution < 1.29 is 9.59 Å². The third-order valence-electron chi connectivity index (χ3n) is 9.33. The SMILES string of the molecule is O=C(Nc1ccc2c(c1)[C@]1(c3ccccc3)Nc3ccc(NC(=O)c4ccc(Cl)cc4Cl)cc3[C@]1(c1ccccc1)N2)c1ccc(Cl)cc1Cl. The van der Waals surface area contributed by atoms with Gasteiger partial charge in [0.1, 0.15) is 11.1 Å². The lowest BCUT2D eigenvalue weighted by Crippen LogP contribution is -2.51. The first-order valence-corrected chi connectivity index (χ1v) is 17.2. The van der Waals surface area contributed by atoms with Crippen molar-refractivity contribution in [2.24, 2.45) is 0 Å². The minimum Gasteiger partial charge on any atom is -0.369 e. The van der Waals surface area contributed by atoms with Gasteiger partial charge >= 0.3 is 0 Å². The number of anilines is 4. The fraction of sp³-hybridized carbons (Fsp3) is 0.0500. The Hall–Kier alpha value is -4.98. The van der Waals surface area contributed by atoms with Gasteiger partial charge in [-0.3, -0.25) is 9.59 Å². The van der Waals surface area contributed by atoms with Crippen molar-refractivity contribution in [2.75, 3.05) is 21.3 Å². The number of halogens is 4. The molecule has 8 rings (SSSR count). The predicted octanol–water partition coefficient (Wildman–Crippen LogP) is 10.8. The number of amides is 2. The Bertz CT molecular complexity index is 2170. The number of fused-ring (bicyclic) bond motifs is 5. The standard InChI is InChI=1S/C40H26Cl4N4O2/c41-25-11-15-29(33(43)19-25)37(49)45-27-13-17-35-31(21-27)39(23-7-3-1-4-8-23)40(48-35,24-9-5-2-6-10-24)32-22-28(14-18-36(32)47-39)46-38(50)30-16-12-26(42)20-34(30)44/h1-22,47-48H,(H,45,49)(H,46,50)/t39-,40-/m0/s1. The lowest BCUT2D eigenvalue weighted by atomic mass is 9.66. The molecule has 246 valence electrons. The fourth-order valence-corrected chi connectivity index (χ4v) is 8.21. The first-order chi connectivity index (χ1) is 24.2. The first-order valence-electron chi connectivity index (χ1n) is 15.7. The van der Waals surface area contributed by atoms with Crippen molar-refractivity contribution in [1.82, 2.24) is 0 Å². The van der Waals surface area contributed by atoms with Gasteiger partial charge in [0.25, 0.3) is 11.8 Å². The normalized spacial score (nSPS) is 18.2. The van der Waals surface area contributed by atoms with Gasteiger partial charge in [0.05, 0.1) is 21.2 Å². The van der Waals surface area contributed by atoms with Gasteiger partial charge in [-0.25, -0.2) is 0 Å². The molecule has 0 saturated heterocycles. The van der Waals surface area contributed by atoms with Crippen LogP contribution in [0.4, 0.5) is 22.7 Å². The molecule has 0 aromatic heterocycles. The van der Waals surface area contributed by atoms with E-state index in [1.54, 1.807) is 36.4 Å². The summed E-state index contributed by atoms with van der Waals surface area (Å²) in [7, 11) is 0. The average Bonchev–Trinajstić information content (AvgIpc) is 3.56. The van der Waals surface area contributed by atoms with Crippen LogP contribution in [0.25, 0.3) is 0 Å². The maximum atomic E-state index is 13.4. The Labute approximate surface area is 308 Å². The number of benzene rings is 6. The molecule has 6 nitrogen and oxygen atoms in total. The van der Waals surface area contributed by atoms with Gasteiger partial charge in [0, 0.05) is 43.9 Å². The smallest absolute Gasteiger partial charge is 0.257 e. The number of carbonyl (C=O) groups excluding carboxylic acids is 2. The number of carbonyl (C=O) groups is 2. The van der Waals surface area contributed by atoms with Crippen molar-refractivity contribution in [3.8, 4) is 0 Å². The minimum absolute atomic E-state index is 0.260. The van der Waals surface area contributed by atoms with Crippen LogP contribution in [0.1, 0.15) is 43.0 Å². The second kappa shape index (κ2) is 12.4. The molecule has 0 bridgehead atoms. The van der Waals surface area contributed by atoms with E-state index in [2.05, 4.69) is 45.5 Å². The third-order valence-corrected chi connectivity index (χ3v) is 10.4. The van der Waals surface area contributed by atoms with Gasteiger partial charge in [0.15, 0.2) is 0 Å². The van der Waals surface area contributed by atoms with Crippen LogP contribution in [0.2, 0.25) is 20.1 Å². The minimum atomic E-state index is -0.895. The highest BCUT2D eigenvalue weighted by Gasteiger charge is 2.65. The predicted molar refractivity (Wildman–Crippen MR) is 203 cm³/mol. The van der Waals surface area contributed by atoms with Gasteiger partial charge in [-0.05, 0) is 83.9 Å².